The molecule has 0 fully saturated rings. The van der Waals surface area contributed by atoms with E-state index >= 15 is 0 Å². The summed E-state index contributed by atoms with van der Waals surface area (Å²) >= 11 is 5.82. The number of ether oxygens (including phenoxy) is 1. The maximum atomic E-state index is 11.5. The highest BCUT2D eigenvalue weighted by atomic mass is 35.5. The molecule has 0 bridgehead atoms. The van der Waals surface area contributed by atoms with E-state index in [1.54, 1.807) is 0 Å². The lowest BCUT2D eigenvalue weighted by Gasteiger charge is -2.01. The van der Waals surface area contributed by atoms with Gasteiger partial charge in [-0.1, -0.05) is 11.6 Å². The number of aromatic nitrogens is 2. The number of benzene rings is 1. The van der Waals surface area contributed by atoms with Gasteiger partial charge in [0.05, 0.1) is 23.0 Å². The Labute approximate surface area is 99.5 Å². The Kier molecular flexibility index (Phi) is 2.68. The van der Waals surface area contributed by atoms with E-state index in [1.165, 1.54) is 13.2 Å². The highest BCUT2D eigenvalue weighted by Gasteiger charge is 2.20. The molecule has 8 heteroatoms. The lowest BCUT2D eigenvalue weighted by Crippen LogP contribution is -2.03. The number of methoxy groups -OCH3 is 1. The topological polar surface area (TPSA) is 98.1 Å². The lowest BCUT2D eigenvalue weighted by atomic mass is 10.1. The summed E-state index contributed by atoms with van der Waals surface area (Å²) in [7, 11) is 1.18. The number of halogens is 1. The third-order valence-electron chi connectivity index (χ3n) is 2.21. The molecule has 17 heavy (non-hydrogen) atoms. The minimum absolute atomic E-state index is 0.00968. The number of rotatable bonds is 2. The second-order valence-electron chi connectivity index (χ2n) is 3.17. The number of non-ortho nitro benzene ring substituents is 1. The second-order valence-corrected chi connectivity index (χ2v) is 3.55. The number of nitro groups is 1. The van der Waals surface area contributed by atoms with Crippen LogP contribution in [0.25, 0.3) is 10.9 Å². The van der Waals surface area contributed by atoms with Crippen LogP contribution in [0.15, 0.2) is 12.1 Å². The summed E-state index contributed by atoms with van der Waals surface area (Å²) in [6.07, 6.45) is 0. The Morgan fingerprint density at radius 3 is 2.88 bits per heavy atom. The summed E-state index contributed by atoms with van der Waals surface area (Å²) in [5, 5.41) is 17.4. The number of nitrogens with zero attached hydrogens (tertiary/aromatic N) is 2. The Bertz CT molecular complexity index is 622. The van der Waals surface area contributed by atoms with Crippen molar-refractivity contribution in [1.82, 2.24) is 10.2 Å². The van der Waals surface area contributed by atoms with Gasteiger partial charge in [-0.3, -0.25) is 15.2 Å². The van der Waals surface area contributed by atoms with E-state index in [1.807, 2.05) is 0 Å². The Balaban J connectivity index is 2.80. The van der Waals surface area contributed by atoms with Gasteiger partial charge in [0.2, 0.25) is 0 Å². The van der Waals surface area contributed by atoms with E-state index in [-0.39, 0.29) is 21.9 Å². The van der Waals surface area contributed by atoms with Crippen LogP contribution in [-0.2, 0) is 4.74 Å². The van der Waals surface area contributed by atoms with Gasteiger partial charge in [-0.25, -0.2) is 4.79 Å². The molecule has 0 atom stereocenters. The fourth-order valence-corrected chi connectivity index (χ4v) is 1.71. The zero-order chi connectivity index (χ0) is 12.6. The molecule has 7 nitrogen and oxygen atoms in total. The highest BCUT2D eigenvalue weighted by Crippen LogP contribution is 2.29. The number of carbonyl (C=O) groups excluding carboxylic acids is 1. The van der Waals surface area contributed by atoms with Crippen molar-refractivity contribution in [1.29, 1.82) is 0 Å². The van der Waals surface area contributed by atoms with Crippen LogP contribution in [0, 0.1) is 10.1 Å². The first-order valence-corrected chi connectivity index (χ1v) is 4.82. The maximum Gasteiger partial charge on any atom is 0.338 e. The molecule has 1 aromatic carbocycles. The third kappa shape index (κ3) is 1.80. The standard InChI is InChI=1S/C9H6ClN3O4/c1-17-9(14)5-2-4(13(15)16)3-6-7(5)8(10)12-11-6/h2-3H,1H3,(H,11,12). The monoisotopic (exact) mass is 255 g/mol. The highest BCUT2D eigenvalue weighted by molar-refractivity contribution is 6.35. The van der Waals surface area contributed by atoms with Crippen molar-refractivity contribution in [2.75, 3.05) is 7.11 Å². The van der Waals surface area contributed by atoms with Crippen molar-refractivity contribution in [3.8, 4) is 0 Å². The van der Waals surface area contributed by atoms with Gasteiger partial charge in [0.25, 0.3) is 5.69 Å². The Morgan fingerprint density at radius 2 is 2.29 bits per heavy atom. The summed E-state index contributed by atoms with van der Waals surface area (Å²) in [5.41, 5.74) is 0.00103. The zero-order valence-electron chi connectivity index (χ0n) is 8.56. The first-order chi connectivity index (χ1) is 8.04. The molecule has 0 spiro atoms. The summed E-state index contributed by atoms with van der Waals surface area (Å²) < 4.78 is 4.54. The Morgan fingerprint density at radius 1 is 1.59 bits per heavy atom. The molecule has 0 aliphatic carbocycles. The molecule has 2 rings (SSSR count). The van der Waals surface area contributed by atoms with E-state index in [2.05, 4.69) is 14.9 Å². The van der Waals surface area contributed by atoms with E-state index < -0.39 is 10.9 Å². The van der Waals surface area contributed by atoms with Crippen molar-refractivity contribution in [2.24, 2.45) is 0 Å². The van der Waals surface area contributed by atoms with Crippen LogP contribution in [0.5, 0.6) is 0 Å². The molecule has 0 saturated carbocycles. The van der Waals surface area contributed by atoms with Gasteiger partial charge in [-0.15, -0.1) is 0 Å². The number of nitrogens with one attached hydrogen (secondary N) is 1. The minimum atomic E-state index is -0.706. The van der Waals surface area contributed by atoms with Crippen LogP contribution in [0.3, 0.4) is 0 Å². The molecule has 0 amide bonds. The molecule has 2 aromatic rings. The predicted octanol–water partition coefficient (Wildman–Crippen LogP) is 1.91. The molecule has 0 aliphatic rings. The summed E-state index contributed by atoms with van der Waals surface area (Å²) in [5.74, 6) is -0.706. The number of fused-ring (bicyclic) bond motifs is 1. The van der Waals surface area contributed by atoms with Crippen molar-refractivity contribution >= 4 is 34.2 Å². The number of nitro benzene ring substituents is 1. The van der Waals surface area contributed by atoms with E-state index in [0.29, 0.717) is 5.39 Å². The molecular weight excluding hydrogens is 250 g/mol. The van der Waals surface area contributed by atoms with Crippen LogP contribution < -0.4 is 0 Å². The number of hydrogen-bond acceptors (Lipinski definition) is 5. The number of hydrogen-bond donors (Lipinski definition) is 1. The zero-order valence-corrected chi connectivity index (χ0v) is 9.32. The predicted molar refractivity (Wildman–Crippen MR) is 59.1 cm³/mol. The number of aromatic amines is 1. The molecule has 0 saturated heterocycles. The average Bonchev–Trinajstić information content (AvgIpc) is 2.69. The first kappa shape index (κ1) is 11.3. The smallest absolute Gasteiger partial charge is 0.338 e. The summed E-state index contributed by atoms with van der Waals surface area (Å²) in [6, 6.07) is 2.33. The number of esters is 1. The Hall–Kier alpha value is -2.15. The van der Waals surface area contributed by atoms with Crippen molar-refractivity contribution in [2.45, 2.75) is 0 Å². The number of H-pyrrole nitrogens is 1. The van der Waals surface area contributed by atoms with Crippen LogP contribution in [-0.4, -0.2) is 28.2 Å². The van der Waals surface area contributed by atoms with Crippen molar-refractivity contribution in [3.05, 3.63) is 33.0 Å². The van der Waals surface area contributed by atoms with Crippen molar-refractivity contribution in [3.63, 3.8) is 0 Å². The van der Waals surface area contributed by atoms with Crippen LogP contribution in [0.1, 0.15) is 10.4 Å². The van der Waals surface area contributed by atoms with Gasteiger partial charge in [0.15, 0.2) is 0 Å². The molecule has 0 radical (unpaired) electrons. The fraction of sp³-hybridized carbons (Fsp3) is 0.111. The quantitative estimate of drug-likeness (QED) is 0.502. The molecule has 1 heterocycles. The summed E-state index contributed by atoms with van der Waals surface area (Å²) in [6.45, 7) is 0. The average molecular weight is 256 g/mol. The van der Waals surface area contributed by atoms with E-state index in [4.69, 9.17) is 11.6 Å². The number of carbonyl (C=O) groups is 1. The molecule has 1 N–H and O–H groups in total. The van der Waals surface area contributed by atoms with Gasteiger partial charge in [0, 0.05) is 12.1 Å². The molecule has 0 unspecified atom stereocenters. The normalized spacial score (nSPS) is 10.5. The van der Waals surface area contributed by atoms with Gasteiger partial charge in [-0.05, 0) is 0 Å². The van der Waals surface area contributed by atoms with Gasteiger partial charge >= 0.3 is 5.97 Å². The third-order valence-corrected chi connectivity index (χ3v) is 2.49. The molecular formula is C9H6ClN3O4. The first-order valence-electron chi connectivity index (χ1n) is 4.45. The molecule has 1 aromatic heterocycles. The van der Waals surface area contributed by atoms with Gasteiger partial charge < -0.3 is 4.74 Å². The summed E-state index contributed by atoms with van der Waals surface area (Å²) in [4.78, 5) is 21.6. The molecule has 88 valence electrons. The van der Waals surface area contributed by atoms with Gasteiger partial charge in [0.1, 0.15) is 10.7 Å². The maximum absolute atomic E-state index is 11.5. The second kappa shape index (κ2) is 4.02. The van der Waals surface area contributed by atoms with Crippen LogP contribution in [0.2, 0.25) is 5.15 Å². The lowest BCUT2D eigenvalue weighted by molar-refractivity contribution is -0.384. The van der Waals surface area contributed by atoms with E-state index in [0.717, 1.165) is 6.07 Å². The SMILES string of the molecule is COC(=O)c1cc([N+](=O)[O-])cc2n[nH]c(Cl)c12. The van der Waals surface area contributed by atoms with Gasteiger partial charge in [-0.2, -0.15) is 5.10 Å². The fourth-order valence-electron chi connectivity index (χ4n) is 1.47. The van der Waals surface area contributed by atoms with E-state index in [9.17, 15) is 14.9 Å². The van der Waals surface area contributed by atoms with Crippen LogP contribution in [0.4, 0.5) is 5.69 Å². The minimum Gasteiger partial charge on any atom is -0.465 e. The molecule has 0 aliphatic heterocycles. The van der Waals surface area contributed by atoms with Crippen molar-refractivity contribution < 1.29 is 14.5 Å². The van der Waals surface area contributed by atoms with Crippen LogP contribution >= 0.6 is 11.6 Å². The largest absolute Gasteiger partial charge is 0.465 e.